The van der Waals surface area contributed by atoms with Gasteiger partial charge in [-0.05, 0) is 42.2 Å². The molecule has 0 amide bonds. The predicted molar refractivity (Wildman–Crippen MR) is 78.3 cm³/mol. The van der Waals surface area contributed by atoms with E-state index in [2.05, 4.69) is 12.2 Å². The lowest BCUT2D eigenvalue weighted by molar-refractivity contribution is 0.173. The quantitative estimate of drug-likeness (QED) is 0.857. The van der Waals surface area contributed by atoms with Crippen LogP contribution in [0.5, 0.6) is 0 Å². The fourth-order valence-corrected chi connectivity index (χ4v) is 2.54. The number of hydrogen-bond acceptors (Lipinski definition) is 3. The third-order valence-corrected chi connectivity index (χ3v) is 4.05. The number of nitrogens with one attached hydrogen (secondary N) is 1. The Kier molecular flexibility index (Phi) is 4.08. The highest BCUT2D eigenvalue weighted by molar-refractivity contribution is 5.19. The lowest BCUT2D eigenvalue weighted by Crippen LogP contribution is -2.20. The van der Waals surface area contributed by atoms with Crippen molar-refractivity contribution in [2.24, 2.45) is 5.92 Å². The van der Waals surface area contributed by atoms with Gasteiger partial charge in [-0.15, -0.1) is 0 Å². The molecular weight excluding hydrogens is 269 g/mol. The van der Waals surface area contributed by atoms with Gasteiger partial charge in [0.1, 0.15) is 17.3 Å². The smallest absolute Gasteiger partial charge is 0.123 e. The van der Waals surface area contributed by atoms with Crippen LogP contribution in [-0.4, -0.2) is 11.7 Å². The van der Waals surface area contributed by atoms with Crippen LogP contribution in [0.3, 0.4) is 0 Å². The third kappa shape index (κ3) is 3.52. The Hall–Kier alpha value is -1.65. The molecule has 3 unspecified atom stereocenters. The van der Waals surface area contributed by atoms with Crippen molar-refractivity contribution >= 4 is 0 Å². The van der Waals surface area contributed by atoms with Crippen molar-refractivity contribution in [3.8, 4) is 0 Å². The first kappa shape index (κ1) is 14.3. The van der Waals surface area contributed by atoms with Gasteiger partial charge in [0.25, 0.3) is 0 Å². The van der Waals surface area contributed by atoms with Crippen LogP contribution in [0, 0.1) is 11.7 Å². The summed E-state index contributed by atoms with van der Waals surface area (Å²) in [5.74, 6) is 2.98. The van der Waals surface area contributed by atoms with E-state index in [-0.39, 0.29) is 5.82 Å². The van der Waals surface area contributed by atoms with Gasteiger partial charge < -0.3 is 14.8 Å². The first-order valence-corrected chi connectivity index (χ1v) is 7.36. The first-order chi connectivity index (χ1) is 10.1. The molecule has 4 heteroatoms. The Morgan fingerprint density at radius 2 is 2.00 bits per heavy atom. The topological polar surface area (TPSA) is 45.4 Å². The lowest BCUT2D eigenvalue weighted by atomic mass is 10.1. The summed E-state index contributed by atoms with van der Waals surface area (Å²) in [6.45, 7) is 3.21. The van der Waals surface area contributed by atoms with E-state index in [1.165, 1.54) is 18.6 Å². The largest absolute Gasteiger partial charge is 0.464 e. The standard InChI is InChI=1S/C17H20FNO2/c1-11-8-15(11)17-7-6-14(21-17)9-19-10-16(20)12-2-4-13(18)5-3-12/h2-7,11,15-16,19-20H,8-10H2,1H3. The summed E-state index contributed by atoms with van der Waals surface area (Å²) in [5, 5.41) is 13.2. The average molecular weight is 289 g/mol. The van der Waals surface area contributed by atoms with Crippen LogP contribution >= 0.6 is 0 Å². The number of hydrogen-bond donors (Lipinski definition) is 2. The van der Waals surface area contributed by atoms with Crippen LogP contribution in [0.4, 0.5) is 4.39 Å². The average Bonchev–Trinajstić information content (AvgIpc) is 3.01. The molecule has 112 valence electrons. The van der Waals surface area contributed by atoms with E-state index in [0.29, 0.717) is 24.6 Å². The minimum absolute atomic E-state index is 0.295. The van der Waals surface area contributed by atoms with Gasteiger partial charge in [0.05, 0.1) is 12.6 Å². The second-order valence-electron chi connectivity index (χ2n) is 5.82. The normalized spacial score (nSPS) is 22.2. The molecule has 21 heavy (non-hydrogen) atoms. The number of furan rings is 1. The molecule has 0 saturated heterocycles. The Balaban J connectivity index is 1.47. The van der Waals surface area contributed by atoms with Crippen molar-refractivity contribution in [3.63, 3.8) is 0 Å². The van der Waals surface area contributed by atoms with Crippen LogP contribution in [-0.2, 0) is 6.54 Å². The summed E-state index contributed by atoms with van der Waals surface area (Å²) >= 11 is 0. The van der Waals surface area contributed by atoms with Gasteiger partial charge in [0.2, 0.25) is 0 Å². The van der Waals surface area contributed by atoms with Crippen LogP contribution < -0.4 is 5.32 Å². The molecule has 1 aromatic heterocycles. The highest BCUT2D eigenvalue weighted by Crippen LogP contribution is 2.47. The molecule has 0 radical (unpaired) electrons. The van der Waals surface area contributed by atoms with Crippen molar-refractivity contribution in [2.75, 3.05) is 6.54 Å². The van der Waals surface area contributed by atoms with Crippen molar-refractivity contribution in [2.45, 2.75) is 31.9 Å². The van der Waals surface area contributed by atoms with Crippen LogP contribution in [0.15, 0.2) is 40.8 Å². The van der Waals surface area contributed by atoms with Crippen molar-refractivity contribution in [1.82, 2.24) is 5.32 Å². The van der Waals surface area contributed by atoms with Gasteiger partial charge >= 0.3 is 0 Å². The van der Waals surface area contributed by atoms with E-state index in [0.717, 1.165) is 17.4 Å². The number of benzene rings is 1. The Bertz CT molecular complexity index is 593. The SMILES string of the molecule is CC1CC1c1ccc(CNCC(O)c2ccc(F)cc2)o1. The Labute approximate surface area is 123 Å². The molecule has 2 aromatic rings. The minimum Gasteiger partial charge on any atom is -0.464 e. The maximum atomic E-state index is 12.8. The predicted octanol–water partition coefficient (Wildman–Crippen LogP) is 3.37. The van der Waals surface area contributed by atoms with E-state index in [1.807, 2.05) is 12.1 Å². The van der Waals surface area contributed by atoms with E-state index < -0.39 is 6.10 Å². The third-order valence-electron chi connectivity index (χ3n) is 4.05. The zero-order chi connectivity index (χ0) is 14.8. The van der Waals surface area contributed by atoms with Gasteiger partial charge in [-0.2, -0.15) is 0 Å². The Morgan fingerprint density at radius 1 is 1.29 bits per heavy atom. The van der Waals surface area contributed by atoms with Gasteiger partial charge in [-0.3, -0.25) is 0 Å². The molecule has 1 saturated carbocycles. The van der Waals surface area contributed by atoms with Gasteiger partial charge in [0.15, 0.2) is 0 Å². The fraction of sp³-hybridized carbons (Fsp3) is 0.412. The molecule has 1 fully saturated rings. The van der Waals surface area contributed by atoms with E-state index in [9.17, 15) is 9.50 Å². The van der Waals surface area contributed by atoms with Crippen LogP contribution in [0.2, 0.25) is 0 Å². The molecule has 0 aliphatic heterocycles. The molecule has 3 rings (SSSR count). The van der Waals surface area contributed by atoms with E-state index in [4.69, 9.17) is 4.42 Å². The number of halogens is 1. The van der Waals surface area contributed by atoms with Crippen LogP contribution in [0.25, 0.3) is 0 Å². The number of aliphatic hydroxyl groups excluding tert-OH is 1. The lowest BCUT2D eigenvalue weighted by Gasteiger charge is -2.11. The molecule has 1 aliphatic rings. The molecule has 3 atom stereocenters. The van der Waals surface area contributed by atoms with Gasteiger partial charge in [-0.1, -0.05) is 19.1 Å². The van der Waals surface area contributed by atoms with Crippen LogP contribution in [0.1, 0.15) is 42.5 Å². The summed E-state index contributed by atoms with van der Waals surface area (Å²) in [6.07, 6.45) is 0.562. The van der Waals surface area contributed by atoms with E-state index in [1.54, 1.807) is 12.1 Å². The second-order valence-corrected chi connectivity index (χ2v) is 5.82. The molecule has 0 spiro atoms. The molecule has 2 N–H and O–H groups in total. The summed E-state index contributed by atoms with van der Waals surface area (Å²) in [6, 6.07) is 9.93. The highest BCUT2D eigenvalue weighted by atomic mass is 19.1. The highest BCUT2D eigenvalue weighted by Gasteiger charge is 2.36. The van der Waals surface area contributed by atoms with E-state index >= 15 is 0 Å². The monoisotopic (exact) mass is 289 g/mol. The summed E-state index contributed by atoms with van der Waals surface area (Å²) in [4.78, 5) is 0. The number of rotatable bonds is 6. The van der Waals surface area contributed by atoms with Gasteiger partial charge in [0, 0.05) is 12.5 Å². The molecular formula is C17H20FNO2. The summed E-state index contributed by atoms with van der Waals surface area (Å²) < 4.78 is 18.6. The zero-order valence-corrected chi connectivity index (χ0v) is 12.1. The van der Waals surface area contributed by atoms with Crippen molar-refractivity contribution in [1.29, 1.82) is 0 Å². The minimum atomic E-state index is -0.650. The number of aliphatic hydroxyl groups is 1. The second kappa shape index (κ2) is 6.00. The Morgan fingerprint density at radius 3 is 2.67 bits per heavy atom. The maximum absolute atomic E-state index is 12.8. The van der Waals surface area contributed by atoms with Gasteiger partial charge in [-0.25, -0.2) is 4.39 Å². The maximum Gasteiger partial charge on any atom is 0.123 e. The van der Waals surface area contributed by atoms with Crippen molar-refractivity contribution < 1.29 is 13.9 Å². The zero-order valence-electron chi connectivity index (χ0n) is 12.1. The molecule has 0 bridgehead atoms. The molecule has 1 aliphatic carbocycles. The molecule has 3 nitrogen and oxygen atoms in total. The molecule has 1 heterocycles. The summed E-state index contributed by atoms with van der Waals surface area (Å²) in [5.41, 5.74) is 0.704. The summed E-state index contributed by atoms with van der Waals surface area (Å²) in [7, 11) is 0. The first-order valence-electron chi connectivity index (χ1n) is 7.36. The molecule has 1 aromatic carbocycles. The fourth-order valence-electron chi connectivity index (χ4n) is 2.54. The van der Waals surface area contributed by atoms with Crippen molar-refractivity contribution in [3.05, 3.63) is 59.3 Å².